The third-order valence-corrected chi connectivity index (χ3v) is 3.02. The zero-order chi connectivity index (χ0) is 13.4. The number of thioether (sulfide) groups is 1. The summed E-state index contributed by atoms with van der Waals surface area (Å²) in [5.74, 6) is -0.259. The molecule has 0 saturated carbocycles. The average molecular weight is 270 g/mol. The maximum Gasteiger partial charge on any atom is 0.230 e. The summed E-state index contributed by atoms with van der Waals surface area (Å²) in [5, 5.41) is 5.25. The van der Waals surface area contributed by atoms with E-state index in [1.807, 2.05) is 0 Å². The van der Waals surface area contributed by atoms with Crippen LogP contribution >= 0.6 is 11.8 Å². The van der Waals surface area contributed by atoms with Crippen LogP contribution in [0.3, 0.4) is 0 Å². The van der Waals surface area contributed by atoms with Gasteiger partial charge in [0.2, 0.25) is 11.8 Å². The molecule has 0 aromatic heterocycles. The first-order valence-electron chi connectivity index (χ1n) is 5.47. The second-order valence-electron chi connectivity index (χ2n) is 3.58. The van der Waals surface area contributed by atoms with Crippen LogP contribution in [0, 0.1) is 5.82 Å². The van der Waals surface area contributed by atoms with Gasteiger partial charge in [-0.3, -0.25) is 9.59 Å². The smallest absolute Gasteiger partial charge is 0.230 e. The van der Waals surface area contributed by atoms with Gasteiger partial charge in [0.1, 0.15) is 5.82 Å². The van der Waals surface area contributed by atoms with Crippen LogP contribution in [0.15, 0.2) is 29.2 Å². The number of carbonyl (C=O) groups excluding carboxylic acids is 2. The highest BCUT2D eigenvalue weighted by atomic mass is 32.2. The van der Waals surface area contributed by atoms with Gasteiger partial charge in [0, 0.05) is 24.9 Å². The van der Waals surface area contributed by atoms with Crippen molar-refractivity contribution in [3.8, 4) is 0 Å². The Kier molecular flexibility index (Phi) is 6.21. The van der Waals surface area contributed by atoms with Gasteiger partial charge in [0.15, 0.2) is 0 Å². The summed E-state index contributed by atoms with van der Waals surface area (Å²) in [5.41, 5.74) is 0. The van der Waals surface area contributed by atoms with E-state index in [0.717, 1.165) is 4.90 Å². The number of hydrogen-bond donors (Lipinski definition) is 2. The maximum atomic E-state index is 12.6. The summed E-state index contributed by atoms with van der Waals surface area (Å²) < 4.78 is 12.6. The highest BCUT2D eigenvalue weighted by Gasteiger charge is 2.02. The van der Waals surface area contributed by atoms with Gasteiger partial charge >= 0.3 is 0 Å². The lowest BCUT2D eigenvalue weighted by Gasteiger charge is -2.05. The number of hydrogen-bond acceptors (Lipinski definition) is 3. The summed E-state index contributed by atoms with van der Waals surface area (Å²) in [6.45, 7) is 2.25. The van der Waals surface area contributed by atoms with Gasteiger partial charge < -0.3 is 10.6 Å². The first-order valence-corrected chi connectivity index (χ1v) is 6.46. The average Bonchev–Trinajstić information content (AvgIpc) is 2.34. The van der Waals surface area contributed by atoms with E-state index >= 15 is 0 Å². The second kappa shape index (κ2) is 7.71. The molecule has 1 rings (SSSR count). The topological polar surface area (TPSA) is 58.2 Å². The fourth-order valence-corrected chi connectivity index (χ4v) is 1.90. The Morgan fingerprint density at radius 1 is 1.17 bits per heavy atom. The van der Waals surface area contributed by atoms with Crippen LogP contribution in [-0.4, -0.2) is 30.7 Å². The van der Waals surface area contributed by atoms with Crippen molar-refractivity contribution in [3.05, 3.63) is 30.1 Å². The van der Waals surface area contributed by atoms with Crippen LogP contribution in [0.2, 0.25) is 0 Å². The number of carbonyl (C=O) groups is 2. The van der Waals surface area contributed by atoms with E-state index < -0.39 is 0 Å². The first kappa shape index (κ1) is 14.5. The molecule has 98 valence electrons. The molecule has 0 aliphatic heterocycles. The molecule has 18 heavy (non-hydrogen) atoms. The van der Waals surface area contributed by atoms with Crippen molar-refractivity contribution in [2.75, 3.05) is 18.8 Å². The molecule has 1 aromatic rings. The zero-order valence-corrected chi connectivity index (χ0v) is 10.8. The normalized spacial score (nSPS) is 9.89. The summed E-state index contributed by atoms with van der Waals surface area (Å²) in [7, 11) is 0. The van der Waals surface area contributed by atoms with E-state index in [2.05, 4.69) is 10.6 Å². The minimum atomic E-state index is -0.292. The Labute approximate surface area is 109 Å². The third kappa shape index (κ3) is 6.24. The monoisotopic (exact) mass is 270 g/mol. The fourth-order valence-electron chi connectivity index (χ4n) is 1.17. The van der Waals surface area contributed by atoms with E-state index in [1.165, 1.54) is 30.8 Å². The Balaban J connectivity index is 2.17. The molecule has 0 fully saturated rings. The van der Waals surface area contributed by atoms with Crippen molar-refractivity contribution in [1.82, 2.24) is 10.6 Å². The molecule has 4 nitrogen and oxygen atoms in total. The zero-order valence-electron chi connectivity index (χ0n) is 10.0. The van der Waals surface area contributed by atoms with E-state index in [1.54, 1.807) is 12.1 Å². The highest BCUT2D eigenvalue weighted by Crippen LogP contribution is 2.17. The molecule has 0 unspecified atom stereocenters. The molecule has 0 atom stereocenters. The lowest BCUT2D eigenvalue weighted by Crippen LogP contribution is -2.34. The van der Waals surface area contributed by atoms with Gasteiger partial charge in [-0.2, -0.15) is 0 Å². The van der Waals surface area contributed by atoms with Crippen molar-refractivity contribution in [2.45, 2.75) is 11.8 Å². The minimum Gasteiger partial charge on any atom is -0.355 e. The lowest BCUT2D eigenvalue weighted by atomic mass is 10.4. The molecule has 1 aromatic carbocycles. The number of halogens is 1. The predicted molar refractivity (Wildman–Crippen MR) is 68.8 cm³/mol. The molecule has 0 aliphatic carbocycles. The minimum absolute atomic E-state index is 0.116. The molecule has 2 amide bonds. The SMILES string of the molecule is CC(=O)NCCNC(=O)CSc1ccc(F)cc1. The van der Waals surface area contributed by atoms with Crippen LogP contribution in [0.1, 0.15) is 6.92 Å². The molecule has 2 N–H and O–H groups in total. The van der Waals surface area contributed by atoms with Crippen molar-refractivity contribution in [1.29, 1.82) is 0 Å². The molecule has 0 heterocycles. The second-order valence-corrected chi connectivity index (χ2v) is 4.62. The van der Waals surface area contributed by atoms with E-state index in [9.17, 15) is 14.0 Å². The van der Waals surface area contributed by atoms with Crippen molar-refractivity contribution >= 4 is 23.6 Å². The van der Waals surface area contributed by atoms with Crippen LogP contribution in [0.4, 0.5) is 4.39 Å². The molecule has 0 spiro atoms. The first-order chi connectivity index (χ1) is 8.58. The third-order valence-electron chi connectivity index (χ3n) is 2.00. The van der Waals surface area contributed by atoms with Crippen molar-refractivity contribution < 1.29 is 14.0 Å². The molecule has 6 heteroatoms. The van der Waals surface area contributed by atoms with Gasteiger partial charge in [-0.15, -0.1) is 11.8 Å². The Morgan fingerprint density at radius 3 is 2.39 bits per heavy atom. The molecular formula is C12H15FN2O2S. The number of benzene rings is 1. The Hall–Kier alpha value is -1.56. The number of rotatable bonds is 6. The standard InChI is InChI=1S/C12H15FN2O2S/c1-9(16)14-6-7-15-12(17)8-18-11-4-2-10(13)3-5-11/h2-5H,6-8H2,1H3,(H,14,16)(H,15,17). The van der Waals surface area contributed by atoms with E-state index in [0.29, 0.717) is 13.1 Å². The Morgan fingerprint density at radius 2 is 1.78 bits per heavy atom. The molecule has 0 saturated heterocycles. The van der Waals surface area contributed by atoms with E-state index in [-0.39, 0.29) is 23.4 Å². The van der Waals surface area contributed by atoms with Crippen molar-refractivity contribution in [2.24, 2.45) is 0 Å². The summed E-state index contributed by atoms with van der Waals surface area (Å²) in [4.78, 5) is 22.8. The summed E-state index contributed by atoms with van der Waals surface area (Å²) in [6, 6.07) is 5.98. The van der Waals surface area contributed by atoms with Gasteiger partial charge in [-0.25, -0.2) is 4.39 Å². The fraction of sp³-hybridized carbons (Fsp3) is 0.333. The molecular weight excluding hydrogens is 255 g/mol. The molecule has 0 aliphatic rings. The molecule has 0 radical (unpaired) electrons. The number of amides is 2. The quantitative estimate of drug-likeness (QED) is 0.602. The van der Waals surface area contributed by atoms with Gasteiger partial charge in [-0.05, 0) is 24.3 Å². The largest absolute Gasteiger partial charge is 0.355 e. The predicted octanol–water partition coefficient (Wildman–Crippen LogP) is 1.17. The molecule has 0 bridgehead atoms. The van der Waals surface area contributed by atoms with Crippen LogP contribution in [0.5, 0.6) is 0 Å². The van der Waals surface area contributed by atoms with E-state index in [4.69, 9.17) is 0 Å². The van der Waals surface area contributed by atoms with Crippen LogP contribution in [-0.2, 0) is 9.59 Å². The highest BCUT2D eigenvalue weighted by molar-refractivity contribution is 8.00. The van der Waals surface area contributed by atoms with Crippen molar-refractivity contribution in [3.63, 3.8) is 0 Å². The van der Waals surface area contributed by atoms with Crippen LogP contribution in [0.25, 0.3) is 0 Å². The maximum absolute atomic E-state index is 12.6. The van der Waals surface area contributed by atoms with Gasteiger partial charge in [0.05, 0.1) is 5.75 Å². The van der Waals surface area contributed by atoms with Crippen LogP contribution < -0.4 is 10.6 Å². The number of nitrogens with one attached hydrogen (secondary N) is 2. The Bertz CT molecular complexity index is 409. The summed E-state index contributed by atoms with van der Waals surface area (Å²) >= 11 is 1.34. The lowest BCUT2D eigenvalue weighted by molar-refractivity contribution is -0.120. The van der Waals surface area contributed by atoms with Gasteiger partial charge in [0.25, 0.3) is 0 Å². The van der Waals surface area contributed by atoms with Gasteiger partial charge in [-0.1, -0.05) is 0 Å². The summed E-state index contributed by atoms with van der Waals surface area (Å²) in [6.07, 6.45) is 0.